The Kier molecular flexibility index (Phi) is 5.07. The third-order valence-electron chi connectivity index (χ3n) is 3.97. The van der Waals surface area contributed by atoms with Crippen LogP contribution in [0.1, 0.15) is 41.0 Å². The van der Waals surface area contributed by atoms with Crippen LogP contribution < -0.4 is 0 Å². The summed E-state index contributed by atoms with van der Waals surface area (Å²) in [5, 5.41) is 0. The molecule has 1 fully saturated rings. The molecule has 0 amide bonds. The van der Waals surface area contributed by atoms with Gasteiger partial charge in [0.25, 0.3) is 0 Å². The van der Waals surface area contributed by atoms with Crippen LogP contribution in [0, 0.1) is 5.92 Å². The second-order valence-corrected chi connectivity index (χ2v) is 5.00. The number of hydrogen-bond acceptors (Lipinski definition) is 2. The van der Waals surface area contributed by atoms with Gasteiger partial charge in [0.15, 0.2) is 0 Å². The lowest BCUT2D eigenvalue weighted by Gasteiger charge is -2.30. The maximum absolute atomic E-state index is 2.64. The van der Waals surface area contributed by atoms with Crippen LogP contribution in [0.4, 0.5) is 0 Å². The topological polar surface area (TPSA) is 6.48 Å². The van der Waals surface area contributed by atoms with Crippen LogP contribution >= 0.6 is 0 Å². The predicted octanol–water partition coefficient (Wildman–Crippen LogP) is 2.45. The van der Waals surface area contributed by atoms with Gasteiger partial charge in [0, 0.05) is 25.2 Å². The summed E-state index contributed by atoms with van der Waals surface area (Å²) >= 11 is 0. The van der Waals surface area contributed by atoms with Gasteiger partial charge in [-0.3, -0.25) is 9.80 Å². The van der Waals surface area contributed by atoms with E-state index in [0.29, 0.717) is 6.04 Å². The molecular formula is C13H28N2. The van der Waals surface area contributed by atoms with Gasteiger partial charge in [-0.15, -0.1) is 0 Å². The van der Waals surface area contributed by atoms with E-state index in [4.69, 9.17) is 0 Å². The Morgan fingerprint density at radius 2 is 1.73 bits per heavy atom. The van der Waals surface area contributed by atoms with Crippen molar-refractivity contribution < 1.29 is 0 Å². The molecule has 0 aromatic heterocycles. The predicted molar refractivity (Wildman–Crippen MR) is 67.2 cm³/mol. The number of nitrogens with zero attached hydrogens (tertiary/aromatic N) is 2. The first kappa shape index (κ1) is 13.0. The highest BCUT2D eigenvalue weighted by Crippen LogP contribution is 2.25. The van der Waals surface area contributed by atoms with Gasteiger partial charge in [-0.1, -0.05) is 27.2 Å². The molecule has 0 aromatic rings. The molecule has 0 aliphatic carbocycles. The molecule has 1 saturated heterocycles. The molecule has 1 aliphatic heterocycles. The van der Waals surface area contributed by atoms with Crippen LogP contribution in [-0.2, 0) is 0 Å². The first-order valence-corrected chi connectivity index (χ1v) is 6.62. The minimum atomic E-state index is 0.708. The zero-order valence-electron chi connectivity index (χ0n) is 11.2. The lowest BCUT2D eigenvalue weighted by molar-refractivity contribution is 0.178. The molecule has 2 heteroatoms. The zero-order chi connectivity index (χ0) is 11.4. The van der Waals surface area contributed by atoms with Crippen LogP contribution in [0.3, 0.4) is 0 Å². The molecule has 1 aliphatic rings. The maximum Gasteiger partial charge on any atom is 0.0263 e. The summed E-state index contributed by atoms with van der Waals surface area (Å²) in [6.07, 6.45) is 1.32. The zero-order valence-corrected chi connectivity index (χ0v) is 11.2. The Bertz CT molecular complexity index is 175. The lowest BCUT2D eigenvalue weighted by Crippen LogP contribution is -2.41. The van der Waals surface area contributed by atoms with E-state index in [2.05, 4.69) is 44.4 Å². The Morgan fingerprint density at radius 3 is 2.13 bits per heavy atom. The minimum absolute atomic E-state index is 0.708. The first-order chi connectivity index (χ1) is 7.13. The number of likely N-dealkylation sites (N-methyl/N-ethyl adjacent to an activating group) is 1. The van der Waals surface area contributed by atoms with Gasteiger partial charge < -0.3 is 0 Å². The molecule has 0 radical (unpaired) electrons. The van der Waals surface area contributed by atoms with Crippen molar-refractivity contribution in [3.8, 4) is 0 Å². The molecule has 2 atom stereocenters. The third-order valence-corrected chi connectivity index (χ3v) is 3.97. The van der Waals surface area contributed by atoms with Gasteiger partial charge in [0.1, 0.15) is 0 Å². The van der Waals surface area contributed by atoms with Gasteiger partial charge in [-0.2, -0.15) is 0 Å². The van der Waals surface area contributed by atoms with E-state index in [-0.39, 0.29) is 0 Å². The second-order valence-electron chi connectivity index (χ2n) is 5.00. The van der Waals surface area contributed by atoms with Crippen molar-refractivity contribution in [2.75, 3.05) is 26.2 Å². The molecule has 1 rings (SSSR count). The minimum Gasteiger partial charge on any atom is -0.299 e. The van der Waals surface area contributed by atoms with Crippen molar-refractivity contribution in [2.45, 2.75) is 53.1 Å². The van der Waals surface area contributed by atoms with Crippen molar-refractivity contribution in [1.29, 1.82) is 0 Å². The van der Waals surface area contributed by atoms with Gasteiger partial charge in [0.05, 0.1) is 0 Å². The molecule has 0 spiro atoms. The Morgan fingerprint density at radius 1 is 1.13 bits per heavy atom. The second kappa shape index (κ2) is 5.86. The maximum atomic E-state index is 2.64. The summed E-state index contributed by atoms with van der Waals surface area (Å²) in [5.74, 6) is 0.882. The van der Waals surface area contributed by atoms with Gasteiger partial charge >= 0.3 is 0 Å². The Labute approximate surface area is 95.6 Å². The molecule has 90 valence electrons. The van der Waals surface area contributed by atoms with Crippen LogP contribution in [0.15, 0.2) is 0 Å². The number of hydrogen-bond donors (Lipinski definition) is 0. The number of likely N-dealkylation sites (tertiary alicyclic amines) is 1. The van der Waals surface area contributed by atoms with Crippen molar-refractivity contribution in [3.63, 3.8) is 0 Å². The molecule has 0 N–H and O–H groups in total. The van der Waals surface area contributed by atoms with E-state index in [9.17, 15) is 0 Å². The monoisotopic (exact) mass is 212 g/mol. The molecule has 0 bridgehead atoms. The van der Waals surface area contributed by atoms with Gasteiger partial charge in [-0.25, -0.2) is 0 Å². The van der Waals surface area contributed by atoms with E-state index in [1.165, 1.54) is 32.6 Å². The third kappa shape index (κ3) is 2.94. The standard InChI is InChI=1S/C13H28N2/c1-6-12-9-15(11(4)5)10-13(12)14(7-2)8-3/h11-13H,6-10H2,1-5H3. The fourth-order valence-corrected chi connectivity index (χ4v) is 2.82. The normalized spacial score (nSPS) is 28.2. The van der Waals surface area contributed by atoms with E-state index in [0.717, 1.165) is 12.0 Å². The van der Waals surface area contributed by atoms with Gasteiger partial charge in [-0.05, 0) is 32.9 Å². The lowest BCUT2D eigenvalue weighted by atomic mass is 9.99. The van der Waals surface area contributed by atoms with Crippen molar-refractivity contribution >= 4 is 0 Å². The van der Waals surface area contributed by atoms with E-state index < -0.39 is 0 Å². The van der Waals surface area contributed by atoms with E-state index in [1.54, 1.807) is 0 Å². The van der Waals surface area contributed by atoms with Crippen molar-refractivity contribution in [3.05, 3.63) is 0 Å². The molecule has 2 unspecified atom stereocenters. The summed E-state index contributed by atoms with van der Waals surface area (Å²) in [6, 6.07) is 1.51. The van der Waals surface area contributed by atoms with Crippen LogP contribution in [-0.4, -0.2) is 48.1 Å². The van der Waals surface area contributed by atoms with E-state index >= 15 is 0 Å². The Balaban J connectivity index is 2.62. The fraction of sp³-hybridized carbons (Fsp3) is 1.00. The largest absolute Gasteiger partial charge is 0.299 e. The van der Waals surface area contributed by atoms with Crippen molar-refractivity contribution in [1.82, 2.24) is 9.80 Å². The molecule has 15 heavy (non-hydrogen) atoms. The average molecular weight is 212 g/mol. The Hall–Kier alpha value is -0.0800. The van der Waals surface area contributed by atoms with Gasteiger partial charge in [0.2, 0.25) is 0 Å². The highest BCUT2D eigenvalue weighted by atomic mass is 15.3. The highest BCUT2D eigenvalue weighted by Gasteiger charge is 2.35. The molecular weight excluding hydrogens is 184 g/mol. The number of rotatable bonds is 5. The van der Waals surface area contributed by atoms with E-state index in [1.807, 2.05) is 0 Å². The molecule has 0 aromatic carbocycles. The summed E-state index contributed by atoms with van der Waals surface area (Å²) in [6.45, 7) is 16.5. The average Bonchev–Trinajstić information content (AvgIpc) is 2.64. The summed E-state index contributed by atoms with van der Waals surface area (Å²) < 4.78 is 0. The quantitative estimate of drug-likeness (QED) is 0.690. The molecule has 1 heterocycles. The fourth-order valence-electron chi connectivity index (χ4n) is 2.82. The van der Waals surface area contributed by atoms with Crippen LogP contribution in [0.2, 0.25) is 0 Å². The smallest absolute Gasteiger partial charge is 0.0263 e. The van der Waals surface area contributed by atoms with Crippen LogP contribution in [0.5, 0.6) is 0 Å². The van der Waals surface area contributed by atoms with Crippen molar-refractivity contribution in [2.24, 2.45) is 5.92 Å². The van der Waals surface area contributed by atoms with Crippen LogP contribution in [0.25, 0.3) is 0 Å². The summed E-state index contributed by atoms with van der Waals surface area (Å²) in [4.78, 5) is 5.27. The molecule has 0 saturated carbocycles. The SMILES string of the molecule is CCC1CN(C(C)C)CC1N(CC)CC. The first-order valence-electron chi connectivity index (χ1n) is 6.62. The highest BCUT2D eigenvalue weighted by molar-refractivity contribution is 4.90. The summed E-state index contributed by atoms with van der Waals surface area (Å²) in [7, 11) is 0. The molecule has 2 nitrogen and oxygen atoms in total. The summed E-state index contributed by atoms with van der Waals surface area (Å²) in [5.41, 5.74) is 0.